The molecule has 0 atom stereocenters. The van der Waals surface area contributed by atoms with Gasteiger partial charge in [-0.2, -0.15) is 0 Å². The quantitative estimate of drug-likeness (QED) is 0.542. The minimum Gasteiger partial charge on any atom is -0.493 e. The Bertz CT molecular complexity index is 635. The van der Waals surface area contributed by atoms with E-state index in [2.05, 4.69) is 5.32 Å². The number of rotatable bonds is 11. The Morgan fingerprint density at radius 3 is 2.38 bits per heavy atom. The molecule has 0 aliphatic heterocycles. The van der Waals surface area contributed by atoms with Crippen molar-refractivity contribution >= 4 is 24.0 Å². The van der Waals surface area contributed by atoms with Crippen LogP contribution in [0.3, 0.4) is 0 Å². The van der Waals surface area contributed by atoms with Gasteiger partial charge in [-0.1, -0.05) is 29.8 Å². The monoisotopic (exact) mass is 399 g/mol. The molecular formula is C20H27Cl2NO3. The number of methoxy groups -OCH3 is 1. The fourth-order valence-electron chi connectivity index (χ4n) is 2.45. The Hall–Kier alpha value is -1.46. The van der Waals surface area contributed by atoms with Crippen LogP contribution in [0.2, 0.25) is 5.02 Å². The van der Waals surface area contributed by atoms with Crippen LogP contribution in [0, 0.1) is 0 Å². The fraction of sp³-hybridized carbons (Fsp3) is 0.400. The van der Waals surface area contributed by atoms with Crippen LogP contribution < -0.4 is 14.8 Å². The molecule has 26 heavy (non-hydrogen) atoms. The Labute approximate surface area is 166 Å². The van der Waals surface area contributed by atoms with E-state index in [-0.39, 0.29) is 19.0 Å². The zero-order valence-electron chi connectivity index (χ0n) is 15.0. The number of halogens is 2. The lowest BCUT2D eigenvalue weighted by molar-refractivity contribution is 0.282. The van der Waals surface area contributed by atoms with Gasteiger partial charge in [-0.25, -0.2) is 0 Å². The van der Waals surface area contributed by atoms with Crippen LogP contribution in [-0.4, -0.2) is 25.4 Å². The van der Waals surface area contributed by atoms with Crippen LogP contribution in [0.15, 0.2) is 42.5 Å². The van der Waals surface area contributed by atoms with Crippen molar-refractivity contribution in [2.45, 2.75) is 32.4 Å². The normalized spacial score (nSPS) is 10.3. The van der Waals surface area contributed by atoms with Crippen LogP contribution in [0.5, 0.6) is 11.5 Å². The summed E-state index contributed by atoms with van der Waals surface area (Å²) in [6, 6.07) is 13.6. The average Bonchev–Trinajstić information content (AvgIpc) is 2.64. The van der Waals surface area contributed by atoms with Crippen molar-refractivity contribution in [1.82, 2.24) is 5.32 Å². The molecule has 2 aromatic rings. The van der Waals surface area contributed by atoms with Crippen LogP contribution in [-0.2, 0) is 13.2 Å². The number of aliphatic hydroxyl groups excluding tert-OH is 1. The number of hydrogen-bond donors (Lipinski definition) is 2. The lowest BCUT2D eigenvalue weighted by Crippen LogP contribution is -2.14. The summed E-state index contributed by atoms with van der Waals surface area (Å²) in [5, 5.41) is 12.9. The minimum atomic E-state index is 0. The lowest BCUT2D eigenvalue weighted by Gasteiger charge is -2.13. The first-order valence-corrected chi connectivity index (χ1v) is 8.96. The minimum absolute atomic E-state index is 0. The first-order valence-electron chi connectivity index (χ1n) is 8.58. The molecule has 0 unspecified atom stereocenters. The van der Waals surface area contributed by atoms with Gasteiger partial charge in [-0.05, 0) is 61.2 Å². The smallest absolute Gasteiger partial charge is 0.161 e. The molecule has 0 heterocycles. The van der Waals surface area contributed by atoms with E-state index < -0.39 is 0 Å². The molecule has 0 radical (unpaired) electrons. The molecule has 2 aromatic carbocycles. The summed E-state index contributed by atoms with van der Waals surface area (Å²) in [5.41, 5.74) is 2.21. The van der Waals surface area contributed by atoms with Gasteiger partial charge in [-0.15, -0.1) is 12.4 Å². The van der Waals surface area contributed by atoms with E-state index in [0.717, 1.165) is 60.0 Å². The summed E-state index contributed by atoms with van der Waals surface area (Å²) in [4.78, 5) is 0. The molecule has 2 N–H and O–H groups in total. The van der Waals surface area contributed by atoms with Gasteiger partial charge in [0.15, 0.2) is 11.5 Å². The van der Waals surface area contributed by atoms with Gasteiger partial charge in [0, 0.05) is 18.2 Å². The van der Waals surface area contributed by atoms with Crippen molar-refractivity contribution in [2.24, 2.45) is 0 Å². The molecule has 0 saturated heterocycles. The number of benzene rings is 2. The first kappa shape index (κ1) is 22.6. The van der Waals surface area contributed by atoms with Gasteiger partial charge in [0.25, 0.3) is 0 Å². The summed E-state index contributed by atoms with van der Waals surface area (Å²) in [6.07, 6.45) is 2.99. The molecule has 0 amide bonds. The summed E-state index contributed by atoms with van der Waals surface area (Å²) in [6.45, 7) is 2.47. The summed E-state index contributed by atoms with van der Waals surface area (Å²) in [5.74, 6) is 1.46. The fourth-order valence-corrected chi connectivity index (χ4v) is 2.58. The molecule has 0 aliphatic carbocycles. The zero-order valence-corrected chi connectivity index (χ0v) is 16.6. The second-order valence-corrected chi connectivity index (χ2v) is 6.30. The van der Waals surface area contributed by atoms with Crippen LogP contribution in [0.1, 0.15) is 30.4 Å². The Morgan fingerprint density at radius 2 is 1.69 bits per heavy atom. The number of unbranched alkanes of at least 4 members (excludes halogenated alkanes) is 2. The van der Waals surface area contributed by atoms with Crippen LogP contribution in [0.25, 0.3) is 0 Å². The third kappa shape index (κ3) is 7.83. The van der Waals surface area contributed by atoms with Gasteiger partial charge >= 0.3 is 0 Å². The summed E-state index contributed by atoms with van der Waals surface area (Å²) < 4.78 is 11.3. The molecule has 4 nitrogen and oxygen atoms in total. The zero-order chi connectivity index (χ0) is 17.9. The van der Waals surface area contributed by atoms with Crippen LogP contribution in [0.4, 0.5) is 0 Å². The van der Waals surface area contributed by atoms with Crippen molar-refractivity contribution < 1.29 is 14.6 Å². The molecule has 0 spiro atoms. The van der Waals surface area contributed by atoms with Gasteiger partial charge < -0.3 is 19.9 Å². The van der Waals surface area contributed by atoms with E-state index in [4.69, 9.17) is 26.2 Å². The third-order valence-corrected chi connectivity index (χ3v) is 4.13. The SMILES string of the molecule is COc1cc(CNCCCCCO)ccc1OCc1ccc(Cl)cc1.Cl. The van der Waals surface area contributed by atoms with E-state index in [9.17, 15) is 0 Å². The predicted molar refractivity (Wildman–Crippen MR) is 109 cm³/mol. The van der Waals surface area contributed by atoms with E-state index in [1.165, 1.54) is 0 Å². The molecule has 0 aromatic heterocycles. The third-order valence-electron chi connectivity index (χ3n) is 3.88. The van der Waals surface area contributed by atoms with Gasteiger partial charge in [-0.3, -0.25) is 0 Å². The van der Waals surface area contributed by atoms with E-state index in [1.54, 1.807) is 7.11 Å². The van der Waals surface area contributed by atoms with E-state index in [0.29, 0.717) is 6.61 Å². The second kappa shape index (κ2) is 12.8. The first-order chi connectivity index (χ1) is 12.2. The molecule has 0 aliphatic rings. The van der Waals surface area contributed by atoms with Crippen molar-refractivity contribution in [3.63, 3.8) is 0 Å². The summed E-state index contributed by atoms with van der Waals surface area (Å²) >= 11 is 5.89. The topological polar surface area (TPSA) is 50.7 Å². The Kier molecular flexibility index (Phi) is 11.1. The number of aliphatic hydroxyl groups is 1. The van der Waals surface area contributed by atoms with Gasteiger partial charge in [0.2, 0.25) is 0 Å². The molecule has 0 saturated carbocycles. The van der Waals surface area contributed by atoms with E-state index in [1.807, 2.05) is 42.5 Å². The number of nitrogens with one attached hydrogen (secondary N) is 1. The molecule has 0 fully saturated rings. The van der Waals surface area contributed by atoms with Gasteiger partial charge in [0.05, 0.1) is 7.11 Å². The average molecular weight is 400 g/mol. The maximum absolute atomic E-state index is 8.76. The lowest BCUT2D eigenvalue weighted by atomic mass is 10.2. The van der Waals surface area contributed by atoms with Crippen molar-refractivity contribution in [3.05, 3.63) is 58.6 Å². The maximum Gasteiger partial charge on any atom is 0.161 e. The van der Waals surface area contributed by atoms with Crippen molar-refractivity contribution in [2.75, 3.05) is 20.3 Å². The molecule has 144 valence electrons. The largest absolute Gasteiger partial charge is 0.493 e. The second-order valence-electron chi connectivity index (χ2n) is 5.86. The van der Waals surface area contributed by atoms with E-state index >= 15 is 0 Å². The van der Waals surface area contributed by atoms with Crippen molar-refractivity contribution in [3.8, 4) is 11.5 Å². The standard InChI is InChI=1S/C20H26ClNO3.ClH/c1-24-20-13-17(14-22-11-3-2-4-12-23)7-10-19(20)25-15-16-5-8-18(21)9-6-16;/h5-10,13,22-23H,2-4,11-12,14-15H2,1H3;1H. The number of hydrogen-bond acceptors (Lipinski definition) is 4. The molecular weight excluding hydrogens is 373 g/mol. The number of ether oxygens (including phenoxy) is 2. The molecule has 2 rings (SSSR count). The highest BCUT2D eigenvalue weighted by molar-refractivity contribution is 6.30. The summed E-state index contributed by atoms with van der Waals surface area (Å²) in [7, 11) is 1.65. The Balaban J connectivity index is 0.00000338. The predicted octanol–water partition coefficient (Wildman–Crippen LogP) is 4.60. The molecule has 0 bridgehead atoms. The maximum atomic E-state index is 8.76. The van der Waals surface area contributed by atoms with Crippen molar-refractivity contribution in [1.29, 1.82) is 0 Å². The molecule has 6 heteroatoms. The van der Waals surface area contributed by atoms with Gasteiger partial charge in [0.1, 0.15) is 6.61 Å². The highest BCUT2D eigenvalue weighted by Crippen LogP contribution is 2.29. The Morgan fingerprint density at radius 1 is 0.962 bits per heavy atom. The highest BCUT2D eigenvalue weighted by Gasteiger charge is 2.06. The highest BCUT2D eigenvalue weighted by atomic mass is 35.5. The van der Waals surface area contributed by atoms with Crippen LogP contribution >= 0.6 is 24.0 Å².